The first-order chi connectivity index (χ1) is 9.60. The van der Waals surface area contributed by atoms with E-state index in [1.165, 1.54) is 31.2 Å². The number of nitrogens with one attached hydrogen (secondary N) is 1. The van der Waals surface area contributed by atoms with Crippen LogP contribution in [0.2, 0.25) is 0 Å². The molecule has 4 heteroatoms. The van der Waals surface area contributed by atoms with Gasteiger partial charge in [0.05, 0.1) is 12.7 Å². The number of amidine groups is 1. The molecule has 110 valence electrons. The minimum absolute atomic E-state index is 0.0488. The fourth-order valence-corrected chi connectivity index (χ4v) is 3.07. The van der Waals surface area contributed by atoms with Crippen LogP contribution >= 0.6 is 0 Å². The van der Waals surface area contributed by atoms with Crippen LogP contribution in [-0.4, -0.2) is 31.4 Å². The molecule has 0 unspecified atom stereocenters. The van der Waals surface area contributed by atoms with Crippen LogP contribution in [-0.2, 0) is 6.54 Å². The van der Waals surface area contributed by atoms with E-state index in [4.69, 9.17) is 15.9 Å². The Kier molecular flexibility index (Phi) is 5.01. The van der Waals surface area contributed by atoms with Gasteiger partial charge in [-0.1, -0.05) is 18.9 Å². The molecule has 0 spiro atoms. The summed E-state index contributed by atoms with van der Waals surface area (Å²) in [5, 5.41) is 7.53. The molecule has 0 heterocycles. The van der Waals surface area contributed by atoms with Crippen molar-refractivity contribution in [2.45, 2.75) is 32.2 Å². The standard InChI is InChI=1S/C16H25N3O/c1-19(10-12-5-3-4-6-12)11-13-7-8-14(16(17)18)15(9-13)20-2/h7-9,12H,3-6,10-11H2,1-2H3,(H3,17,18). The van der Waals surface area contributed by atoms with Gasteiger partial charge in [-0.25, -0.2) is 0 Å². The zero-order valence-corrected chi connectivity index (χ0v) is 12.5. The van der Waals surface area contributed by atoms with Crippen molar-refractivity contribution in [3.05, 3.63) is 29.3 Å². The normalized spacial score (nSPS) is 15.8. The van der Waals surface area contributed by atoms with Crippen LogP contribution in [0.3, 0.4) is 0 Å². The van der Waals surface area contributed by atoms with Crippen molar-refractivity contribution in [3.63, 3.8) is 0 Å². The summed E-state index contributed by atoms with van der Waals surface area (Å²) < 4.78 is 5.32. The van der Waals surface area contributed by atoms with E-state index < -0.39 is 0 Å². The van der Waals surface area contributed by atoms with E-state index in [1.54, 1.807) is 7.11 Å². The van der Waals surface area contributed by atoms with E-state index in [0.29, 0.717) is 11.3 Å². The summed E-state index contributed by atoms with van der Waals surface area (Å²) in [5.41, 5.74) is 7.41. The highest BCUT2D eigenvalue weighted by molar-refractivity contribution is 5.97. The van der Waals surface area contributed by atoms with Crippen LogP contribution in [0.15, 0.2) is 18.2 Å². The topological polar surface area (TPSA) is 62.3 Å². The molecule has 0 atom stereocenters. The van der Waals surface area contributed by atoms with Crippen LogP contribution in [0.25, 0.3) is 0 Å². The number of methoxy groups -OCH3 is 1. The van der Waals surface area contributed by atoms with Gasteiger partial charge in [-0.15, -0.1) is 0 Å². The quantitative estimate of drug-likeness (QED) is 0.619. The second-order valence-corrected chi connectivity index (χ2v) is 5.80. The van der Waals surface area contributed by atoms with Crippen LogP contribution < -0.4 is 10.5 Å². The Bertz CT molecular complexity index is 467. The molecular weight excluding hydrogens is 250 g/mol. The van der Waals surface area contributed by atoms with E-state index in [-0.39, 0.29) is 5.84 Å². The van der Waals surface area contributed by atoms with Gasteiger partial charge in [0.2, 0.25) is 0 Å². The molecule has 1 aromatic carbocycles. The van der Waals surface area contributed by atoms with Crippen LogP contribution in [0.4, 0.5) is 0 Å². The monoisotopic (exact) mass is 275 g/mol. The largest absolute Gasteiger partial charge is 0.496 e. The van der Waals surface area contributed by atoms with Crippen molar-refractivity contribution in [1.29, 1.82) is 5.41 Å². The smallest absolute Gasteiger partial charge is 0.130 e. The number of nitrogens with zero attached hydrogens (tertiary/aromatic N) is 1. The Morgan fingerprint density at radius 2 is 2.10 bits per heavy atom. The first-order valence-corrected chi connectivity index (χ1v) is 7.30. The molecule has 0 radical (unpaired) electrons. The van der Waals surface area contributed by atoms with Crippen LogP contribution in [0, 0.1) is 11.3 Å². The zero-order valence-electron chi connectivity index (χ0n) is 12.5. The molecule has 1 aromatic rings. The number of ether oxygens (including phenoxy) is 1. The number of hydrogen-bond acceptors (Lipinski definition) is 3. The van der Waals surface area contributed by atoms with Crippen molar-refractivity contribution in [2.24, 2.45) is 11.7 Å². The second kappa shape index (κ2) is 6.75. The van der Waals surface area contributed by atoms with Gasteiger partial charge in [0.15, 0.2) is 0 Å². The molecular formula is C16H25N3O. The zero-order chi connectivity index (χ0) is 14.5. The van der Waals surface area contributed by atoms with Crippen LogP contribution in [0.5, 0.6) is 5.75 Å². The van der Waals surface area contributed by atoms with E-state index >= 15 is 0 Å². The molecule has 0 aromatic heterocycles. The summed E-state index contributed by atoms with van der Waals surface area (Å²) in [6, 6.07) is 5.90. The molecule has 0 bridgehead atoms. The van der Waals surface area contributed by atoms with Gasteiger partial charge in [-0.05, 0) is 43.5 Å². The third-order valence-corrected chi connectivity index (χ3v) is 4.05. The van der Waals surface area contributed by atoms with Gasteiger partial charge >= 0.3 is 0 Å². The minimum atomic E-state index is 0.0488. The molecule has 20 heavy (non-hydrogen) atoms. The Morgan fingerprint density at radius 1 is 1.40 bits per heavy atom. The summed E-state index contributed by atoms with van der Waals surface area (Å²) in [4.78, 5) is 2.37. The Balaban J connectivity index is 1.99. The predicted molar refractivity (Wildman–Crippen MR) is 82.3 cm³/mol. The summed E-state index contributed by atoms with van der Waals surface area (Å²) in [5.74, 6) is 1.59. The maximum atomic E-state index is 7.53. The Hall–Kier alpha value is -1.55. The number of nitrogens with two attached hydrogens (primary N) is 1. The molecule has 0 saturated heterocycles. The van der Waals surface area contributed by atoms with Crippen molar-refractivity contribution < 1.29 is 4.74 Å². The number of nitrogen functional groups attached to an aromatic ring is 1. The average Bonchev–Trinajstić information content (AvgIpc) is 2.90. The Morgan fingerprint density at radius 3 is 2.70 bits per heavy atom. The molecule has 1 fully saturated rings. The first-order valence-electron chi connectivity index (χ1n) is 7.30. The lowest BCUT2D eigenvalue weighted by atomic mass is 10.1. The lowest BCUT2D eigenvalue weighted by Gasteiger charge is -2.21. The molecule has 1 aliphatic rings. The highest BCUT2D eigenvalue weighted by Crippen LogP contribution is 2.26. The van der Waals surface area contributed by atoms with Gasteiger partial charge in [0.1, 0.15) is 11.6 Å². The average molecular weight is 275 g/mol. The van der Waals surface area contributed by atoms with E-state index in [0.717, 1.165) is 19.0 Å². The minimum Gasteiger partial charge on any atom is -0.496 e. The van der Waals surface area contributed by atoms with Gasteiger partial charge in [0, 0.05) is 13.1 Å². The highest BCUT2D eigenvalue weighted by atomic mass is 16.5. The highest BCUT2D eigenvalue weighted by Gasteiger charge is 2.17. The van der Waals surface area contributed by atoms with Gasteiger partial charge in [-0.3, -0.25) is 5.41 Å². The van der Waals surface area contributed by atoms with Gasteiger partial charge in [0.25, 0.3) is 0 Å². The second-order valence-electron chi connectivity index (χ2n) is 5.80. The molecule has 4 nitrogen and oxygen atoms in total. The number of hydrogen-bond donors (Lipinski definition) is 2. The maximum Gasteiger partial charge on any atom is 0.130 e. The molecule has 0 amide bonds. The molecule has 3 N–H and O–H groups in total. The van der Waals surface area contributed by atoms with Crippen molar-refractivity contribution >= 4 is 5.84 Å². The SMILES string of the molecule is COc1cc(CN(C)CC2CCCC2)ccc1C(=N)N. The van der Waals surface area contributed by atoms with Crippen LogP contribution in [0.1, 0.15) is 36.8 Å². The summed E-state index contributed by atoms with van der Waals surface area (Å²) in [7, 11) is 3.79. The Labute approximate surface area is 121 Å². The first kappa shape index (κ1) is 14.9. The van der Waals surface area contributed by atoms with E-state index in [1.807, 2.05) is 18.2 Å². The maximum absolute atomic E-state index is 7.53. The predicted octanol–water partition coefficient (Wildman–Crippen LogP) is 2.60. The van der Waals surface area contributed by atoms with Gasteiger partial charge in [-0.2, -0.15) is 0 Å². The lowest BCUT2D eigenvalue weighted by Crippen LogP contribution is -2.24. The fourth-order valence-electron chi connectivity index (χ4n) is 3.07. The molecule has 0 aliphatic heterocycles. The summed E-state index contributed by atoms with van der Waals surface area (Å²) in [6.45, 7) is 2.07. The third-order valence-electron chi connectivity index (χ3n) is 4.05. The molecule has 2 rings (SSSR count). The van der Waals surface area contributed by atoms with Crippen molar-refractivity contribution in [2.75, 3.05) is 20.7 Å². The molecule has 1 saturated carbocycles. The fraction of sp³-hybridized carbons (Fsp3) is 0.562. The molecule has 1 aliphatic carbocycles. The van der Waals surface area contributed by atoms with Crippen molar-refractivity contribution in [3.8, 4) is 5.75 Å². The van der Waals surface area contributed by atoms with E-state index in [2.05, 4.69) is 11.9 Å². The van der Waals surface area contributed by atoms with Crippen molar-refractivity contribution in [1.82, 2.24) is 4.90 Å². The number of rotatable bonds is 6. The van der Waals surface area contributed by atoms with Gasteiger partial charge < -0.3 is 15.4 Å². The third kappa shape index (κ3) is 3.73. The number of benzene rings is 1. The lowest BCUT2D eigenvalue weighted by molar-refractivity contribution is 0.271. The summed E-state index contributed by atoms with van der Waals surface area (Å²) >= 11 is 0. The summed E-state index contributed by atoms with van der Waals surface area (Å²) in [6.07, 6.45) is 5.52. The van der Waals surface area contributed by atoms with E-state index in [9.17, 15) is 0 Å².